The molecule has 1 aliphatic carbocycles. The molecule has 0 spiro atoms. The van der Waals surface area contributed by atoms with Gasteiger partial charge >= 0.3 is 0 Å². The number of halogens is 1. The van der Waals surface area contributed by atoms with E-state index in [2.05, 4.69) is 60.8 Å². The highest BCUT2D eigenvalue weighted by atomic mass is 35.5. The zero-order valence-corrected chi connectivity index (χ0v) is 16.1. The lowest BCUT2D eigenvalue weighted by molar-refractivity contribution is 0.276. The average molecular weight is 379 g/mol. The van der Waals surface area contributed by atoms with E-state index in [-0.39, 0.29) is 11.6 Å². The van der Waals surface area contributed by atoms with Gasteiger partial charge in [0.25, 0.3) is 0 Å². The zero-order valence-electron chi connectivity index (χ0n) is 15.3. The van der Waals surface area contributed by atoms with Crippen molar-refractivity contribution in [3.63, 3.8) is 0 Å². The van der Waals surface area contributed by atoms with Crippen molar-refractivity contribution in [2.24, 2.45) is 10.9 Å². The number of amidine groups is 1. The van der Waals surface area contributed by atoms with Crippen molar-refractivity contribution >= 4 is 17.4 Å². The minimum Gasteiger partial charge on any atom is -0.484 e. The van der Waals surface area contributed by atoms with Crippen LogP contribution in [0, 0.1) is 5.92 Å². The summed E-state index contributed by atoms with van der Waals surface area (Å²) in [5, 5.41) is 4.28. The number of nitrogens with zero attached hydrogens (tertiary/aromatic N) is 1. The maximum atomic E-state index is 6.21. The molecule has 1 unspecified atom stereocenters. The van der Waals surface area contributed by atoms with Crippen LogP contribution in [0.25, 0.3) is 0 Å². The van der Waals surface area contributed by atoms with Crippen molar-refractivity contribution in [3.05, 3.63) is 89.5 Å². The molecule has 1 aliphatic heterocycles. The van der Waals surface area contributed by atoms with E-state index in [1.807, 2.05) is 30.3 Å². The Morgan fingerprint density at radius 2 is 1.89 bits per heavy atom. The monoisotopic (exact) mass is 378 g/mol. The van der Waals surface area contributed by atoms with Gasteiger partial charge in [-0.3, -0.25) is 4.99 Å². The number of ether oxygens (including phenoxy) is 1. The van der Waals surface area contributed by atoms with Gasteiger partial charge in [-0.05, 0) is 31.0 Å². The number of nitrogens with one attached hydrogen (secondary N) is 1. The maximum absolute atomic E-state index is 6.21. The molecule has 2 aliphatic rings. The number of benzene rings is 2. The smallest absolute Gasteiger partial charge is 0.145 e. The lowest BCUT2D eigenvalue weighted by Gasteiger charge is -2.38. The molecule has 3 nitrogen and oxygen atoms in total. The molecule has 4 rings (SSSR count). The Kier molecular flexibility index (Phi) is 5.04. The van der Waals surface area contributed by atoms with E-state index in [0.717, 1.165) is 12.3 Å². The van der Waals surface area contributed by atoms with Crippen molar-refractivity contribution in [1.29, 1.82) is 0 Å². The number of hydrogen-bond donors (Lipinski definition) is 1. The third-order valence-corrected chi connectivity index (χ3v) is 5.65. The van der Waals surface area contributed by atoms with Crippen LogP contribution < -0.4 is 10.1 Å². The predicted molar refractivity (Wildman–Crippen MR) is 111 cm³/mol. The molecule has 0 fully saturated rings. The highest BCUT2D eigenvalue weighted by molar-refractivity contribution is 6.32. The first-order valence-corrected chi connectivity index (χ1v) is 9.65. The van der Waals surface area contributed by atoms with Crippen molar-refractivity contribution in [2.75, 3.05) is 6.61 Å². The van der Waals surface area contributed by atoms with E-state index in [9.17, 15) is 0 Å². The molecule has 1 N–H and O–H groups in total. The van der Waals surface area contributed by atoms with Gasteiger partial charge in [-0.2, -0.15) is 0 Å². The minimum absolute atomic E-state index is 0.0321. The quantitative estimate of drug-likeness (QED) is 0.760. The van der Waals surface area contributed by atoms with Gasteiger partial charge in [-0.15, -0.1) is 0 Å². The summed E-state index contributed by atoms with van der Waals surface area (Å²) in [6.07, 6.45) is 9.72. The summed E-state index contributed by atoms with van der Waals surface area (Å²) in [5.41, 5.74) is 1.00. The molecule has 1 heterocycles. The summed E-state index contributed by atoms with van der Waals surface area (Å²) in [5.74, 6) is 1.89. The van der Waals surface area contributed by atoms with Crippen molar-refractivity contribution < 1.29 is 4.74 Å². The first-order chi connectivity index (χ1) is 13.2. The fourth-order valence-corrected chi connectivity index (χ4v) is 4.05. The average Bonchev–Trinajstić information content (AvgIpc) is 3.06. The summed E-state index contributed by atoms with van der Waals surface area (Å²) >= 11 is 6.21. The molecule has 2 aromatic carbocycles. The standard InChI is InChI=1S/C23H23ClN2O/c1-23(18-12-6-3-7-13-18)22(17-10-4-2-5-11-17)25-21(26-23)16-27-20-15-9-8-14-19(20)24/h2-12,14-15,18,22H,13,16H2,1H3,(H,25,26)/t18?,22-,23+/m1/s1. The van der Waals surface area contributed by atoms with Crippen LogP contribution in [0.15, 0.2) is 83.9 Å². The van der Waals surface area contributed by atoms with Crippen molar-refractivity contribution in [3.8, 4) is 5.75 Å². The molecular weight excluding hydrogens is 356 g/mol. The van der Waals surface area contributed by atoms with Crippen LogP contribution in [0.3, 0.4) is 0 Å². The predicted octanol–water partition coefficient (Wildman–Crippen LogP) is 5.35. The van der Waals surface area contributed by atoms with E-state index < -0.39 is 0 Å². The SMILES string of the molecule is C[C@@]1(C2C=CC=CC2)NC(COc2ccccc2Cl)=N[C@@H]1c1ccccc1. The third kappa shape index (κ3) is 3.65. The van der Waals surface area contributed by atoms with Crippen LogP contribution >= 0.6 is 11.6 Å². The van der Waals surface area contributed by atoms with Gasteiger partial charge in [0.1, 0.15) is 24.2 Å². The van der Waals surface area contributed by atoms with Gasteiger partial charge in [0, 0.05) is 5.92 Å². The number of aliphatic imine (C=N–C) groups is 1. The Morgan fingerprint density at radius 1 is 1.11 bits per heavy atom. The Labute approximate surface area is 165 Å². The lowest BCUT2D eigenvalue weighted by Crippen LogP contribution is -2.51. The molecule has 0 amide bonds. The summed E-state index contributed by atoms with van der Waals surface area (Å²) in [7, 11) is 0. The molecule has 0 saturated carbocycles. The summed E-state index contributed by atoms with van der Waals surface area (Å²) in [6, 6.07) is 18.0. The van der Waals surface area contributed by atoms with Crippen LogP contribution in [0.2, 0.25) is 5.02 Å². The van der Waals surface area contributed by atoms with Gasteiger partial charge in [-0.1, -0.05) is 78.4 Å². The van der Waals surface area contributed by atoms with E-state index >= 15 is 0 Å². The van der Waals surface area contributed by atoms with Gasteiger partial charge in [0.05, 0.1) is 10.6 Å². The van der Waals surface area contributed by atoms with Crippen LogP contribution in [-0.2, 0) is 0 Å². The summed E-state index contributed by atoms with van der Waals surface area (Å²) in [4.78, 5) is 5.01. The Hall–Kier alpha value is -2.52. The van der Waals surface area contributed by atoms with Crippen LogP contribution in [0.1, 0.15) is 24.9 Å². The second-order valence-corrected chi connectivity index (χ2v) is 7.58. The summed E-state index contributed by atoms with van der Waals surface area (Å²) in [6.45, 7) is 2.62. The first-order valence-electron chi connectivity index (χ1n) is 9.27. The number of hydrogen-bond acceptors (Lipinski definition) is 3. The van der Waals surface area contributed by atoms with Crippen LogP contribution in [-0.4, -0.2) is 18.0 Å². The fourth-order valence-electron chi connectivity index (χ4n) is 3.86. The van der Waals surface area contributed by atoms with E-state index in [0.29, 0.717) is 23.3 Å². The molecular formula is C23H23ClN2O. The largest absolute Gasteiger partial charge is 0.484 e. The highest BCUT2D eigenvalue weighted by Gasteiger charge is 2.45. The van der Waals surface area contributed by atoms with E-state index in [1.165, 1.54) is 5.56 Å². The molecule has 0 aromatic heterocycles. The zero-order chi connectivity index (χ0) is 18.7. The second-order valence-electron chi connectivity index (χ2n) is 7.17. The second kappa shape index (κ2) is 7.61. The Balaban J connectivity index is 1.59. The lowest BCUT2D eigenvalue weighted by atomic mass is 9.75. The minimum atomic E-state index is -0.207. The molecule has 3 atom stereocenters. The number of para-hydroxylation sites is 1. The normalized spacial score (nSPS) is 26.5. The molecule has 4 heteroatoms. The van der Waals surface area contributed by atoms with E-state index in [4.69, 9.17) is 21.3 Å². The summed E-state index contributed by atoms with van der Waals surface area (Å²) < 4.78 is 5.93. The van der Waals surface area contributed by atoms with Gasteiger partial charge < -0.3 is 10.1 Å². The first kappa shape index (κ1) is 17.9. The van der Waals surface area contributed by atoms with Crippen LogP contribution in [0.5, 0.6) is 5.75 Å². The Morgan fingerprint density at radius 3 is 2.63 bits per heavy atom. The van der Waals surface area contributed by atoms with Gasteiger partial charge in [-0.25, -0.2) is 0 Å². The highest BCUT2D eigenvalue weighted by Crippen LogP contribution is 2.42. The molecule has 0 saturated heterocycles. The van der Waals surface area contributed by atoms with Crippen molar-refractivity contribution in [2.45, 2.75) is 24.9 Å². The molecule has 0 radical (unpaired) electrons. The third-order valence-electron chi connectivity index (χ3n) is 5.33. The number of allylic oxidation sites excluding steroid dienone is 3. The topological polar surface area (TPSA) is 33.6 Å². The maximum Gasteiger partial charge on any atom is 0.145 e. The molecule has 2 aromatic rings. The van der Waals surface area contributed by atoms with Crippen molar-refractivity contribution in [1.82, 2.24) is 5.32 Å². The molecule has 27 heavy (non-hydrogen) atoms. The van der Waals surface area contributed by atoms with Gasteiger partial charge in [0.2, 0.25) is 0 Å². The molecule has 138 valence electrons. The fraction of sp³-hybridized carbons (Fsp3) is 0.261. The Bertz CT molecular complexity index is 890. The van der Waals surface area contributed by atoms with E-state index in [1.54, 1.807) is 0 Å². The molecule has 0 bridgehead atoms. The van der Waals surface area contributed by atoms with Gasteiger partial charge in [0.15, 0.2) is 0 Å². The van der Waals surface area contributed by atoms with Crippen LogP contribution in [0.4, 0.5) is 0 Å². The number of rotatable bonds is 5.